The largest absolute Gasteiger partial charge is 0.326 e. The molecule has 2 amide bonds. The third kappa shape index (κ3) is 5.03. The number of rotatable bonds is 7. The number of hydrogen-bond acceptors (Lipinski definition) is 4. The van der Waals surface area contributed by atoms with E-state index in [-0.39, 0.29) is 17.7 Å². The highest BCUT2D eigenvalue weighted by Crippen LogP contribution is 2.30. The molecule has 0 radical (unpaired) electrons. The minimum Gasteiger partial charge on any atom is -0.326 e. The Morgan fingerprint density at radius 1 is 0.938 bits per heavy atom. The van der Waals surface area contributed by atoms with Gasteiger partial charge in [-0.1, -0.05) is 67.6 Å². The van der Waals surface area contributed by atoms with E-state index in [0.717, 1.165) is 22.2 Å². The van der Waals surface area contributed by atoms with Crippen molar-refractivity contribution in [3.05, 3.63) is 90.0 Å². The van der Waals surface area contributed by atoms with Crippen molar-refractivity contribution in [2.75, 3.05) is 16.8 Å². The Bertz CT molecular complexity index is 1180. The van der Waals surface area contributed by atoms with Crippen molar-refractivity contribution in [1.82, 2.24) is 4.98 Å². The minimum absolute atomic E-state index is 0.0527. The number of aromatic nitrogens is 1. The minimum atomic E-state index is -0.110. The summed E-state index contributed by atoms with van der Waals surface area (Å²) in [5.74, 6) is -0.270. The molecule has 0 saturated heterocycles. The summed E-state index contributed by atoms with van der Waals surface area (Å²) in [5.41, 5.74) is 3.28. The van der Waals surface area contributed by atoms with Gasteiger partial charge in [-0.15, -0.1) is 0 Å². The van der Waals surface area contributed by atoms with Gasteiger partial charge in [0.05, 0.1) is 10.2 Å². The Morgan fingerprint density at radius 3 is 2.31 bits per heavy atom. The normalized spacial score (nSPS) is 11.0. The fraction of sp³-hybridized carbons (Fsp3) is 0.192. The van der Waals surface area contributed by atoms with Crippen molar-refractivity contribution in [1.29, 1.82) is 0 Å². The van der Waals surface area contributed by atoms with Gasteiger partial charge in [-0.2, -0.15) is 0 Å². The second-order valence-corrected chi connectivity index (χ2v) is 8.89. The summed E-state index contributed by atoms with van der Waals surface area (Å²) in [4.78, 5) is 31.9. The maximum atomic E-state index is 13.5. The summed E-state index contributed by atoms with van der Waals surface area (Å²) in [7, 11) is 0. The smallest absolute Gasteiger partial charge is 0.260 e. The van der Waals surface area contributed by atoms with Crippen molar-refractivity contribution >= 4 is 44.2 Å². The van der Waals surface area contributed by atoms with Gasteiger partial charge in [-0.3, -0.25) is 14.5 Å². The highest BCUT2D eigenvalue weighted by Gasteiger charge is 2.21. The molecule has 4 rings (SSSR count). The first-order chi connectivity index (χ1) is 15.5. The third-order valence-electron chi connectivity index (χ3n) is 5.15. The molecule has 1 aromatic heterocycles. The molecule has 0 atom stereocenters. The third-order valence-corrected chi connectivity index (χ3v) is 6.21. The predicted molar refractivity (Wildman–Crippen MR) is 131 cm³/mol. The number of para-hydroxylation sites is 1. The highest BCUT2D eigenvalue weighted by molar-refractivity contribution is 7.22. The Morgan fingerprint density at radius 2 is 1.62 bits per heavy atom. The molecule has 32 heavy (non-hydrogen) atoms. The van der Waals surface area contributed by atoms with E-state index in [9.17, 15) is 9.59 Å². The summed E-state index contributed by atoms with van der Waals surface area (Å²) in [6.45, 7) is 4.21. The number of carbonyl (C=O) groups is 2. The number of benzene rings is 3. The standard InChI is InChI=1S/C26H25N3O2S/c1-18(2)24(30)27-21-14-12-20(13-15-21)25(31)29(17-16-19-8-4-3-5-9-19)26-28-22-10-6-7-11-23(22)32-26/h3-15,18H,16-17H2,1-2H3,(H,27,30). The molecule has 0 bridgehead atoms. The average molecular weight is 444 g/mol. The van der Waals surface area contributed by atoms with Crippen LogP contribution in [0.2, 0.25) is 0 Å². The lowest BCUT2D eigenvalue weighted by Crippen LogP contribution is -2.32. The van der Waals surface area contributed by atoms with Gasteiger partial charge in [0, 0.05) is 23.7 Å². The van der Waals surface area contributed by atoms with Crippen molar-refractivity contribution < 1.29 is 9.59 Å². The molecule has 0 unspecified atom stereocenters. The van der Waals surface area contributed by atoms with E-state index in [4.69, 9.17) is 4.98 Å². The lowest BCUT2D eigenvalue weighted by atomic mass is 10.1. The molecule has 162 valence electrons. The van der Waals surface area contributed by atoms with E-state index in [2.05, 4.69) is 17.4 Å². The molecule has 0 aliphatic heterocycles. The summed E-state index contributed by atoms with van der Waals surface area (Å²) < 4.78 is 1.05. The molecule has 4 aromatic rings. The Hall–Kier alpha value is -3.51. The topological polar surface area (TPSA) is 62.3 Å². The van der Waals surface area contributed by atoms with Crippen LogP contribution in [0.5, 0.6) is 0 Å². The molecule has 3 aromatic carbocycles. The quantitative estimate of drug-likeness (QED) is 0.394. The molecule has 1 N–H and O–H groups in total. The van der Waals surface area contributed by atoms with Crippen LogP contribution in [0.4, 0.5) is 10.8 Å². The van der Waals surface area contributed by atoms with Crippen molar-refractivity contribution in [3.63, 3.8) is 0 Å². The van der Waals surface area contributed by atoms with Crippen molar-refractivity contribution in [2.45, 2.75) is 20.3 Å². The van der Waals surface area contributed by atoms with Crippen LogP contribution in [-0.4, -0.2) is 23.3 Å². The molecule has 0 spiro atoms. The fourth-order valence-corrected chi connectivity index (χ4v) is 4.27. The first-order valence-corrected chi connectivity index (χ1v) is 11.4. The molecular weight excluding hydrogens is 418 g/mol. The zero-order valence-corrected chi connectivity index (χ0v) is 18.9. The predicted octanol–water partition coefficient (Wildman–Crippen LogP) is 5.78. The van der Waals surface area contributed by atoms with Gasteiger partial charge in [0.1, 0.15) is 0 Å². The summed E-state index contributed by atoms with van der Waals surface area (Å²) in [5, 5.41) is 3.54. The van der Waals surface area contributed by atoms with Gasteiger partial charge in [-0.25, -0.2) is 4.98 Å². The molecule has 0 fully saturated rings. The van der Waals surface area contributed by atoms with Crippen molar-refractivity contribution in [2.24, 2.45) is 5.92 Å². The first kappa shape index (κ1) is 21.7. The number of carbonyl (C=O) groups excluding carboxylic acids is 2. The molecule has 5 nitrogen and oxygen atoms in total. The van der Waals surface area contributed by atoms with Gasteiger partial charge < -0.3 is 5.32 Å². The Balaban J connectivity index is 1.59. The van der Waals surface area contributed by atoms with E-state index in [1.54, 1.807) is 29.2 Å². The second kappa shape index (κ2) is 9.75. The van der Waals surface area contributed by atoms with E-state index in [0.29, 0.717) is 22.9 Å². The van der Waals surface area contributed by atoms with Crippen LogP contribution in [0.1, 0.15) is 29.8 Å². The lowest BCUT2D eigenvalue weighted by Gasteiger charge is -2.20. The van der Waals surface area contributed by atoms with Crippen molar-refractivity contribution in [3.8, 4) is 0 Å². The molecular formula is C26H25N3O2S. The van der Waals surface area contributed by atoms with Crippen LogP contribution in [0.15, 0.2) is 78.9 Å². The summed E-state index contributed by atoms with van der Waals surface area (Å²) in [6.07, 6.45) is 0.727. The number of hydrogen-bond donors (Lipinski definition) is 1. The number of anilines is 2. The monoisotopic (exact) mass is 443 g/mol. The lowest BCUT2D eigenvalue weighted by molar-refractivity contribution is -0.118. The number of fused-ring (bicyclic) bond motifs is 1. The van der Waals surface area contributed by atoms with Crippen LogP contribution >= 0.6 is 11.3 Å². The number of nitrogens with zero attached hydrogens (tertiary/aromatic N) is 2. The van der Waals surface area contributed by atoms with E-state index < -0.39 is 0 Å². The maximum Gasteiger partial charge on any atom is 0.260 e. The fourth-order valence-electron chi connectivity index (χ4n) is 3.28. The molecule has 1 heterocycles. The van der Waals surface area contributed by atoms with Gasteiger partial charge >= 0.3 is 0 Å². The highest BCUT2D eigenvalue weighted by atomic mass is 32.1. The van der Waals surface area contributed by atoms with Crippen LogP contribution in [0, 0.1) is 5.92 Å². The van der Waals surface area contributed by atoms with Gasteiger partial charge in [-0.05, 0) is 48.4 Å². The van der Waals surface area contributed by atoms with Crippen LogP contribution in [-0.2, 0) is 11.2 Å². The van der Waals surface area contributed by atoms with Gasteiger partial charge in [0.25, 0.3) is 5.91 Å². The molecule has 6 heteroatoms. The van der Waals surface area contributed by atoms with Gasteiger partial charge in [0.2, 0.25) is 5.91 Å². The second-order valence-electron chi connectivity index (χ2n) is 7.88. The zero-order valence-electron chi connectivity index (χ0n) is 18.1. The van der Waals surface area contributed by atoms with E-state index in [1.807, 2.05) is 56.3 Å². The number of thiazole rings is 1. The first-order valence-electron chi connectivity index (χ1n) is 10.6. The SMILES string of the molecule is CC(C)C(=O)Nc1ccc(C(=O)N(CCc2ccccc2)c2nc3ccccc3s2)cc1. The van der Waals surface area contributed by atoms with E-state index >= 15 is 0 Å². The summed E-state index contributed by atoms with van der Waals surface area (Å²) in [6, 6.07) is 25.1. The van der Waals surface area contributed by atoms with Crippen LogP contribution < -0.4 is 10.2 Å². The zero-order chi connectivity index (χ0) is 22.5. The van der Waals surface area contributed by atoms with Gasteiger partial charge in [0.15, 0.2) is 5.13 Å². The van der Waals surface area contributed by atoms with Crippen LogP contribution in [0.25, 0.3) is 10.2 Å². The molecule has 0 aliphatic rings. The average Bonchev–Trinajstić information content (AvgIpc) is 3.24. The van der Waals surface area contributed by atoms with Crippen LogP contribution in [0.3, 0.4) is 0 Å². The Labute approximate surface area is 191 Å². The number of amides is 2. The summed E-state index contributed by atoms with van der Waals surface area (Å²) >= 11 is 1.52. The molecule has 0 aliphatic carbocycles. The number of nitrogens with one attached hydrogen (secondary N) is 1. The molecule has 0 saturated carbocycles. The maximum absolute atomic E-state index is 13.5. The Kier molecular flexibility index (Phi) is 6.61. The van der Waals surface area contributed by atoms with E-state index in [1.165, 1.54) is 11.3 Å².